The topological polar surface area (TPSA) is 29.0 Å². The largest absolute Gasteiger partial charge is 0.353 e. The molecule has 0 saturated heterocycles. The molecule has 1 aromatic heterocycles. The van der Waals surface area contributed by atoms with Crippen LogP contribution in [-0.4, -0.2) is 24.3 Å². The number of rotatable bonds is 3. The predicted molar refractivity (Wildman–Crippen MR) is 69.6 cm³/mol. The van der Waals surface area contributed by atoms with Gasteiger partial charge in [0, 0.05) is 14.1 Å². The van der Waals surface area contributed by atoms with Gasteiger partial charge < -0.3 is 4.90 Å². The van der Waals surface area contributed by atoms with Crippen LogP contribution in [0.15, 0.2) is 30.3 Å². The summed E-state index contributed by atoms with van der Waals surface area (Å²) in [6.07, 6.45) is 4.03. The number of hydrogen-bond acceptors (Lipinski definition) is 4. The quantitative estimate of drug-likeness (QED) is 0.813. The van der Waals surface area contributed by atoms with Crippen molar-refractivity contribution in [2.24, 2.45) is 0 Å². The second-order valence-electron chi connectivity index (χ2n) is 3.56. The molecule has 0 spiro atoms. The smallest absolute Gasteiger partial charge is 0.208 e. The molecule has 1 heterocycles. The third-order valence-corrected chi connectivity index (χ3v) is 3.09. The van der Waals surface area contributed by atoms with Gasteiger partial charge in [-0.05, 0) is 11.6 Å². The van der Waals surface area contributed by atoms with Gasteiger partial charge in [0.15, 0.2) is 0 Å². The zero-order valence-corrected chi connectivity index (χ0v) is 10.1. The minimum absolute atomic E-state index is 0.924. The summed E-state index contributed by atoms with van der Waals surface area (Å²) in [5, 5.41) is 10.0. The van der Waals surface area contributed by atoms with E-state index >= 15 is 0 Å². The van der Waals surface area contributed by atoms with Crippen molar-refractivity contribution in [1.82, 2.24) is 10.2 Å². The molecule has 0 aliphatic rings. The fourth-order valence-corrected chi connectivity index (χ4v) is 1.88. The predicted octanol–water partition coefficient (Wildman–Crippen LogP) is 2.77. The fraction of sp³-hybridized carbons (Fsp3) is 0.167. The average molecular weight is 231 g/mol. The van der Waals surface area contributed by atoms with Crippen molar-refractivity contribution in [3.8, 4) is 0 Å². The molecule has 1 aromatic carbocycles. The highest BCUT2D eigenvalue weighted by Gasteiger charge is 2.01. The van der Waals surface area contributed by atoms with Crippen molar-refractivity contribution in [2.45, 2.75) is 0 Å². The van der Waals surface area contributed by atoms with Gasteiger partial charge in [0.25, 0.3) is 0 Å². The number of aromatic nitrogens is 2. The van der Waals surface area contributed by atoms with E-state index in [9.17, 15) is 0 Å². The summed E-state index contributed by atoms with van der Waals surface area (Å²) in [6.45, 7) is 0. The van der Waals surface area contributed by atoms with Gasteiger partial charge in [-0.1, -0.05) is 47.7 Å². The average Bonchev–Trinajstić information content (AvgIpc) is 2.76. The van der Waals surface area contributed by atoms with Gasteiger partial charge >= 0.3 is 0 Å². The summed E-state index contributed by atoms with van der Waals surface area (Å²) in [4.78, 5) is 1.96. The van der Waals surface area contributed by atoms with Gasteiger partial charge in [0.2, 0.25) is 5.13 Å². The molecule has 0 aliphatic heterocycles. The lowest BCUT2D eigenvalue weighted by atomic mass is 10.2. The number of nitrogens with zero attached hydrogens (tertiary/aromatic N) is 3. The number of benzene rings is 1. The van der Waals surface area contributed by atoms with Gasteiger partial charge in [-0.3, -0.25) is 0 Å². The lowest BCUT2D eigenvalue weighted by Gasteiger charge is -2.03. The van der Waals surface area contributed by atoms with E-state index in [2.05, 4.69) is 22.3 Å². The van der Waals surface area contributed by atoms with Gasteiger partial charge in [-0.15, -0.1) is 10.2 Å². The molecule has 0 aliphatic carbocycles. The summed E-state index contributed by atoms with van der Waals surface area (Å²) in [5.74, 6) is 0. The Hall–Kier alpha value is -1.68. The Morgan fingerprint density at radius 1 is 1.06 bits per heavy atom. The Labute approximate surface area is 99.1 Å². The molecule has 0 bridgehead atoms. The van der Waals surface area contributed by atoms with Crippen LogP contribution in [0.2, 0.25) is 0 Å². The Morgan fingerprint density at radius 3 is 2.44 bits per heavy atom. The second-order valence-corrected chi connectivity index (χ2v) is 4.55. The van der Waals surface area contributed by atoms with Crippen molar-refractivity contribution >= 4 is 28.6 Å². The molecule has 2 aromatic rings. The first kappa shape index (κ1) is 10.8. The van der Waals surface area contributed by atoms with Crippen LogP contribution in [0.25, 0.3) is 12.2 Å². The maximum Gasteiger partial charge on any atom is 0.208 e. The lowest BCUT2D eigenvalue weighted by molar-refractivity contribution is 1.01. The number of anilines is 1. The minimum Gasteiger partial charge on any atom is -0.353 e. The molecule has 0 radical (unpaired) electrons. The van der Waals surface area contributed by atoms with E-state index in [0.717, 1.165) is 10.1 Å². The van der Waals surface area contributed by atoms with Gasteiger partial charge in [-0.2, -0.15) is 0 Å². The van der Waals surface area contributed by atoms with Crippen LogP contribution in [-0.2, 0) is 0 Å². The first-order valence-corrected chi connectivity index (χ1v) is 5.81. The molecular weight excluding hydrogens is 218 g/mol. The maximum absolute atomic E-state index is 4.09. The van der Waals surface area contributed by atoms with Crippen molar-refractivity contribution < 1.29 is 0 Å². The molecule has 0 atom stereocenters. The van der Waals surface area contributed by atoms with Crippen LogP contribution in [0.1, 0.15) is 10.6 Å². The Kier molecular flexibility index (Phi) is 3.31. The molecule has 16 heavy (non-hydrogen) atoms. The zero-order valence-electron chi connectivity index (χ0n) is 9.29. The second kappa shape index (κ2) is 4.90. The van der Waals surface area contributed by atoms with Crippen LogP contribution >= 0.6 is 11.3 Å². The monoisotopic (exact) mass is 231 g/mol. The third kappa shape index (κ3) is 2.67. The van der Waals surface area contributed by atoms with E-state index in [1.807, 2.05) is 49.3 Å². The van der Waals surface area contributed by atoms with Gasteiger partial charge in [-0.25, -0.2) is 0 Å². The van der Waals surface area contributed by atoms with Crippen LogP contribution < -0.4 is 4.90 Å². The van der Waals surface area contributed by atoms with Crippen LogP contribution in [0.3, 0.4) is 0 Å². The molecular formula is C12H13N3S. The van der Waals surface area contributed by atoms with Crippen LogP contribution in [0.5, 0.6) is 0 Å². The van der Waals surface area contributed by atoms with E-state index in [4.69, 9.17) is 0 Å². The summed E-state index contributed by atoms with van der Waals surface area (Å²) in [6, 6.07) is 10.2. The van der Waals surface area contributed by atoms with Gasteiger partial charge in [0.1, 0.15) is 5.01 Å². The molecule has 0 unspecified atom stereocenters. The van der Waals surface area contributed by atoms with E-state index in [1.54, 1.807) is 11.3 Å². The SMILES string of the molecule is CN(C)c1nnc(/C=C/c2ccccc2)s1. The Bertz CT molecular complexity index is 474. The zero-order chi connectivity index (χ0) is 11.4. The summed E-state index contributed by atoms with van der Waals surface area (Å²) >= 11 is 1.58. The fourth-order valence-electron chi connectivity index (χ4n) is 1.21. The van der Waals surface area contributed by atoms with Crippen LogP contribution in [0.4, 0.5) is 5.13 Å². The highest BCUT2D eigenvalue weighted by atomic mass is 32.1. The normalized spacial score (nSPS) is 10.9. The molecule has 0 amide bonds. The first-order chi connectivity index (χ1) is 7.75. The van der Waals surface area contributed by atoms with Crippen molar-refractivity contribution in [1.29, 1.82) is 0 Å². The molecule has 82 valence electrons. The molecule has 2 rings (SSSR count). The minimum atomic E-state index is 0.924. The standard InChI is InChI=1S/C12H13N3S/c1-15(2)12-14-13-11(16-12)9-8-10-6-4-3-5-7-10/h3-9H,1-2H3/b9-8+. The van der Waals surface area contributed by atoms with E-state index in [-0.39, 0.29) is 0 Å². The van der Waals surface area contributed by atoms with Gasteiger partial charge in [0.05, 0.1) is 0 Å². The molecule has 0 saturated carbocycles. The van der Waals surface area contributed by atoms with Crippen molar-refractivity contribution in [3.05, 3.63) is 40.9 Å². The van der Waals surface area contributed by atoms with Crippen molar-refractivity contribution in [3.63, 3.8) is 0 Å². The van der Waals surface area contributed by atoms with Crippen molar-refractivity contribution in [2.75, 3.05) is 19.0 Å². The molecule has 0 N–H and O–H groups in total. The Morgan fingerprint density at radius 2 is 1.81 bits per heavy atom. The molecule has 4 heteroatoms. The summed E-state index contributed by atoms with van der Waals surface area (Å²) in [5.41, 5.74) is 1.17. The summed E-state index contributed by atoms with van der Waals surface area (Å²) < 4.78 is 0. The van der Waals surface area contributed by atoms with E-state index in [0.29, 0.717) is 0 Å². The van der Waals surface area contributed by atoms with E-state index in [1.165, 1.54) is 5.56 Å². The van der Waals surface area contributed by atoms with E-state index < -0.39 is 0 Å². The maximum atomic E-state index is 4.09. The third-order valence-electron chi connectivity index (χ3n) is 2.03. The highest BCUT2D eigenvalue weighted by Crippen LogP contribution is 2.19. The molecule has 0 fully saturated rings. The lowest BCUT2D eigenvalue weighted by Crippen LogP contribution is -2.07. The Balaban J connectivity index is 2.12. The van der Waals surface area contributed by atoms with Crippen LogP contribution in [0, 0.1) is 0 Å². The first-order valence-electron chi connectivity index (χ1n) is 4.99. The highest BCUT2D eigenvalue weighted by molar-refractivity contribution is 7.16. The number of hydrogen-bond donors (Lipinski definition) is 0. The molecule has 3 nitrogen and oxygen atoms in total. The summed E-state index contributed by atoms with van der Waals surface area (Å²) in [7, 11) is 3.93.